The van der Waals surface area contributed by atoms with E-state index >= 15 is 0 Å². The molecule has 2 aliphatic rings. The average Bonchev–Trinajstić information content (AvgIpc) is 2.68. The summed E-state index contributed by atoms with van der Waals surface area (Å²) in [6.45, 7) is 3.17. The number of aliphatic imine (C=N–C) groups is 1. The summed E-state index contributed by atoms with van der Waals surface area (Å²) in [4.78, 5) is 7.42. The van der Waals surface area contributed by atoms with Crippen LogP contribution in [-0.2, 0) is 0 Å². The Morgan fingerprint density at radius 1 is 1.20 bits per heavy atom. The summed E-state index contributed by atoms with van der Waals surface area (Å²) in [6.07, 6.45) is 6.47. The number of thioether (sulfide) groups is 1. The molecule has 1 aromatic rings. The average molecular weight is 363 g/mol. The van der Waals surface area contributed by atoms with Gasteiger partial charge in [-0.1, -0.05) is 19.3 Å². The smallest absolute Gasteiger partial charge is 0.193 e. The first-order chi connectivity index (χ1) is 12.2. The molecular formula is C19H30N4OS. The highest BCUT2D eigenvalue weighted by atomic mass is 32.2. The van der Waals surface area contributed by atoms with Crippen molar-refractivity contribution >= 4 is 23.4 Å². The molecule has 1 aromatic carbocycles. The van der Waals surface area contributed by atoms with Gasteiger partial charge < -0.3 is 15.8 Å². The van der Waals surface area contributed by atoms with Crippen LogP contribution in [0.2, 0.25) is 0 Å². The Kier molecular flexibility index (Phi) is 6.48. The molecule has 3 N–H and O–H groups in total. The van der Waals surface area contributed by atoms with Gasteiger partial charge in [0.15, 0.2) is 5.96 Å². The first-order valence-electron chi connectivity index (χ1n) is 9.26. The predicted octanol–water partition coefficient (Wildman–Crippen LogP) is 3.17. The van der Waals surface area contributed by atoms with E-state index in [2.05, 4.69) is 22.0 Å². The Hall–Kier alpha value is -1.40. The van der Waals surface area contributed by atoms with Gasteiger partial charge in [0.05, 0.1) is 13.7 Å². The normalized spacial score (nSPS) is 21.7. The minimum Gasteiger partial charge on any atom is -0.497 e. The first kappa shape index (κ1) is 18.4. The molecule has 0 spiro atoms. The number of guanidine groups is 1. The molecule has 0 radical (unpaired) electrons. The second-order valence-corrected chi connectivity index (χ2v) is 8.16. The fourth-order valence-corrected chi connectivity index (χ4v) is 4.82. The summed E-state index contributed by atoms with van der Waals surface area (Å²) in [5.41, 5.74) is 7.32. The van der Waals surface area contributed by atoms with Crippen molar-refractivity contribution < 1.29 is 4.74 Å². The number of rotatable bonds is 5. The molecule has 0 atom stereocenters. The largest absolute Gasteiger partial charge is 0.497 e. The highest BCUT2D eigenvalue weighted by molar-refractivity contribution is 7.99. The lowest BCUT2D eigenvalue weighted by Crippen LogP contribution is -2.55. The number of nitrogens with two attached hydrogens (primary N) is 1. The SMILES string of the molecule is COc1ccc(NC(N)=NCC2(N3CCSCC3)CCCCC2)cc1. The summed E-state index contributed by atoms with van der Waals surface area (Å²) in [5, 5.41) is 3.20. The molecule has 1 saturated carbocycles. The molecule has 0 unspecified atom stereocenters. The Bertz CT molecular complexity index is 563. The Morgan fingerprint density at radius 2 is 1.88 bits per heavy atom. The molecule has 3 rings (SSSR count). The molecule has 138 valence electrons. The van der Waals surface area contributed by atoms with Crippen LogP contribution in [0.5, 0.6) is 5.75 Å². The van der Waals surface area contributed by atoms with E-state index in [1.54, 1.807) is 7.11 Å². The lowest BCUT2D eigenvalue weighted by Gasteiger charge is -2.47. The van der Waals surface area contributed by atoms with Crippen LogP contribution < -0.4 is 15.8 Å². The third-order valence-electron chi connectivity index (χ3n) is 5.37. The predicted molar refractivity (Wildman–Crippen MR) is 108 cm³/mol. The van der Waals surface area contributed by atoms with Gasteiger partial charge in [0.2, 0.25) is 0 Å². The van der Waals surface area contributed by atoms with Gasteiger partial charge in [-0.15, -0.1) is 0 Å². The highest BCUT2D eigenvalue weighted by Gasteiger charge is 2.38. The molecule has 1 aliphatic carbocycles. The van der Waals surface area contributed by atoms with E-state index in [0.717, 1.165) is 18.0 Å². The summed E-state index contributed by atoms with van der Waals surface area (Å²) >= 11 is 2.07. The number of nitrogens with zero attached hydrogens (tertiary/aromatic N) is 2. The lowest BCUT2D eigenvalue weighted by atomic mass is 9.80. The quantitative estimate of drug-likeness (QED) is 0.622. The molecule has 25 heavy (non-hydrogen) atoms. The van der Waals surface area contributed by atoms with Crippen molar-refractivity contribution in [3.8, 4) is 5.75 Å². The molecule has 1 saturated heterocycles. The number of hydrogen-bond acceptors (Lipinski definition) is 4. The van der Waals surface area contributed by atoms with Crippen molar-refractivity contribution in [2.75, 3.05) is 43.6 Å². The van der Waals surface area contributed by atoms with Crippen molar-refractivity contribution in [2.24, 2.45) is 10.7 Å². The Labute approximate surface area is 155 Å². The van der Waals surface area contributed by atoms with Crippen LogP contribution in [0.3, 0.4) is 0 Å². The molecule has 0 bridgehead atoms. The second kappa shape index (κ2) is 8.81. The van der Waals surface area contributed by atoms with Gasteiger partial charge in [0.25, 0.3) is 0 Å². The highest BCUT2D eigenvalue weighted by Crippen LogP contribution is 2.35. The van der Waals surface area contributed by atoms with Crippen LogP contribution in [-0.4, -0.2) is 54.6 Å². The van der Waals surface area contributed by atoms with E-state index in [1.165, 1.54) is 56.7 Å². The van der Waals surface area contributed by atoms with E-state index in [-0.39, 0.29) is 5.54 Å². The maximum Gasteiger partial charge on any atom is 0.193 e. The number of nitrogens with one attached hydrogen (secondary N) is 1. The zero-order chi connectivity index (χ0) is 17.5. The first-order valence-corrected chi connectivity index (χ1v) is 10.4. The van der Waals surface area contributed by atoms with Gasteiger partial charge in [-0.05, 0) is 37.1 Å². The lowest BCUT2D eigenvalue weighted by molar-refractivity contribution is 0.0673. The molecule has 1 aliphatic heterocycles. The van der Waals surface area contributed by atoms with Crippen LogP contribution in [0.25, 0.3) is 0 Å². The van der Waals surface area contributed by atoms with E-state index in [0.29, 0.717) is 5.96 Å². The standard InChI is InChI=1S/C19H30N4OS/c1-24-17-7-5-16(6-8-17)22-18(20)21-15-19(9-3-2-4-10-19)23-11-13-25-14-12-23/h5-8H,2-4,9-15H2,1H3,(H3,20,21,22). The van der Waals surface area contributed by atoms with Gasteiger partial charge in [-0.3, -0.25) is 9.89 Å². The van der Waals surface area contributed by atoms with Crippen molar-refractivity contribution in [3.63, 3.8) is 0 Å². The zero-order valence-corrected chi connectivity index (χ0v) is 16.0. The van der Waals surface area contributed by atoms with E-state index < -0.39 is 0 Å². The number of hydrogen-bond donors (Lipinski definition) is 2. The molecule has 0 aromatic heterocycles. The van der Waals surface area contributed by atoms with Crippen LogP contribution in [0.4, 0.5) is 5.69 Å². The third kappa shape index (κ3) is 4.82. The minimum atomic E-state index is 0.214. The maximum atomic E-state index is 6.17. The van der Waals surface area contributed by atoms with Gasteiger partial charge in [0, 0.05) is 35.8 Å². The molecule has 0 amide bonds. The van der Waals surface area contributed by atoms with E-state index in [4.69, 9.17) is 15.5 Å². The molecule has 5 nitrogen and oxygen atoms in total. The van der Waals surface area contributed by atoms with E-state index in [9.17, 15) is 0 Å². The van der Waals surface area contributed by atoms with E-state index in [1.807, 2.05) is 24.3 Å². The Balaban J connectivity index is 1.64. The minimum absolute atomic E-state index is 0.214. The summed E-state index contributed by atoms with van der Waals surface area (Å²) < 4.78 is 5.18. The number of methoxy groups -OCH3 is 1. The molecular weight excluding hydrogens is 332 g/mol. The fourth-order valence-electron chi connectivity index (χ4n) is 3.92. The topological polar surface area (TPSA) is 62.9 Å². The fraction of sp³-hybridized carbons (Fsp3) is 0.632. The number of ether oxygens (including phenoxy) is 1. The molecule has 1 heterocycles. The number of anilines is 1. The molecule has 2 fully saturated rings. The maximum absolute atomic E-state index is 6.17. The third-order valence-corrected chi connectivity index (χ3v) is 6.31. The summed E-state index contributed by atoms with van der Waals surface area (Å²) in [7, 11) is 1.67. The van der Waals surface area contributed by atoms with Gasteiger partial charge in [0.1, 0.15) is 5.75 Å². The van der Waals surface area contributed by atoms with Gasteiger partial charge >= 0.3 is 0 Å². The van der Waals surface area contributed by atoms with Crippen LogP contribution in [0.15, 0.2) is 29.3 Å². The van der Waals surface area contributed by atoms with Gasteiger partial charge in [-0.2, -0.15) is 11.8 Å². The molecule has 6 heteroatoms. The van der Waals surface area contributed by atoms with Crippen molar-refractivity contribution in [1.82, 2.24) is 4.90 Å². The monoisotopic (exact) mass is 362 g/mol. The summed E-state index contributed by atoms with van der Waals surface area (Å²) in [6, 6.07) is 7.76. The summed E-state index contributed by atoms with van der Waals surface area (Å²) in [5.74, 6) is 3.82. The van der Waals surface area contributed by atoms with Gasteiger partial charge in [-0.25, -0.2) is 0 Å². The van der Waals surface area contributed by atoms with Crippen LogP contribution in [0, 0.1) is 0 Å². The van der Waals surface area contributed by atoms with Crippen molar-refractivity contribution in [1.29, 1.82) is 0 Å². The van der Waals surface area contributed by atoms with Crippen LogP contribution in [0.1, 0.15) is 32.1 Å². The second-order valence-electron chi connectivity index (χ2n) is 6.94. The Morgan fingerprint density at radius 3 is 2.52 bits per heavy atom. The van der Waals surface area contributed by atoms with Crippen LogP contribution >= 0.6 is 11.8 Å². The van der Waals surface area contributed by atoms with Crippen molar-refractivity contribution in [2.45, 2.75) is 37.6 Å². The van der Waals surface area contributed by atoms with Crippen molar-refractivity contribution in [3.05, 3.63) is 24.3 Å². The zero-order valence-electron chi connectivity index (χ0n) is 15.2. The number of benzene rings is 1.